The zero-order valence-corrected chi connectivity index (χ0v) is 14.5. The molecule has 0 spiro atoms. The van der Waals surface area contributed by atoms with Crippen LogP contribution in [0.15, 0.2) is 36.7 Å². The van der Waals surface area contributed by atoms with E-state index >= 15 is 0 Å². The van der Waals surface area contributed by atoms with Gasteiger partial charge in [-0.25, -0.2) is 4.39 Å². The van der Waals surface area contributed by atoms with Crippen molar-refractivity contribution in [3.63, 3.8) is 0 Å². The molecule has 1 saturated heterocycles. The summed E-state index contributed by atoms with van der Waals surface area (Å²) in [7, 11) is 0. The smallest absolute Gasteiger partial charge is 0.123 e. The van der Waals surface area contributed by atoms with Gasteiger partial charge >= 0.3 is 0 Å². The molecule has 0 amide bonds. The van der Waals surface area contributed by atoms with E-state index in [1.165, 1.54) is 17.7 Å². The van der Waals surface area contributed by atoms with Gasteiger partial charge in [0, 0.05) is 44.0 Å². The predicted molar refractivity (Wildman–Crippen MR) is 92.1 cm³/mol. The number of halogens is 1. The summed E-state index contributed by atoms with van der Waals surface area (Å²) in [6, 6.07) is 7.12. The van der Waals surface area contributed by atoms with Crippen molar-refractivity contribution in [2.45, 2.75) is 51.9 Å². The lowest BCUT2D eigenvalue weighted by molar-refractivity contribution is 0.0679. The van der Waals surface area contributed by atoms with E-state index in [1.807, 2.05) is 23.0 Å². The van der Waals surface area contributed by atoms with Gasteiger partial charge in [0.05, 0.1) is 12.3 Å². The fraction of sp³-hybridized carbons (Fsp3) is 0.526. The van der Waals surface area contributed by atoms with Crippen LogP contribution in [0.25, 0.3) is 0 Å². The summed E-state index contributed by atoms with van der Waals surface area (Å²) in [6.45, 7) is 7.61. The molecule has 24 heavy (non-hydrogen) atoms. The van der Waals surface area contributed by atoms with Crippen LogP contribution in [0.2, 0.25) is 0 Å². The van der Waals surface area contributed by atoms with Crippen molar-refractivity contribution in [3.05, 3.63) is 53.6 Å². The Morgan fingerprint density at radius 3 is 2.62 bits per heavy atom. The minimum atomic E-state index is -0.192. The number of hydrogen-bond donors (Lipinski definition) is 0. The van der Waals surface area contributed by atoms with Crippen LogP contribution in [0, 0.1) is 5.82 Å². The maximum Gasteiger partial charge on any atom is 0.123 e. The van der Waals surface area contributed by atoms with E-state index < -0.39 is 0 Å². The van der Waals surface area contributed by atoms with Crippen molar-refractivity contribution in [3.8, 4) is 0 Å². The molecule has 2 aromatic rings. The largest absolute Gasteiger partial charge is 0.377 e. The van der Waals surface area contributed by atoms with Crippen molar-refractivity contribution in [1.82, 2.24) is 14.7 Å². The van der Waals surface area contributed by atoms with Crippen molar-refractivity contribution >= 4 is 0 Å². The van der Waals surface area contributed by atoms with Crippen molar-refractivity contribution < 1.29 is 9.13 Å². The lowest BCUT2D eigenvalue weighted by Crippen LogP contribution is -2.31. The van der Waals surface area contributed by atoms with Gasteiger partial charge in [-0.3, -0.25) is 9.58 Å². The highest BCUT2D eigenvalue weighted by atomic mass is 19.1. The molecule has 1 aliphatic heterocycles. The third-order valence-electron chi connectivity index (χ3n) is 4.40. The average Bonchev–Trinajstić information content (AvgIpc) is 3.21. The molecule has 0 aliphatic carbocycles. The molecule has 1 aromatic carbocycles. The first-order valence-corrected chi connectivity index (χ1v) is 8.71. The van der Waals surface area contributed by atoms with Gasteiger partial charge in [-0.15, -0.1) is 0 Å². The fourth-order valence-corrected chi connectivity index (χ4v) is 3.11. The number of hydrogen-bond acceptors (Lipinski definition) is 3. The van der Waals surface area contributed by atoms with Gasteiger partial charge < -0.3 is 4.74 Å². The second kappa shape index (κ2) is 7.90. The Balaban J connectivity index is 1.69. The van der Waals surface area contributed by atoms with Gasteiger partial charge in [-0.2, -0.15) is 5.10 Å². The summed E-state index contributed by atoms with van der Waals surface area (Å²) in [5, 5.41) is 4.43. The van der Waals surface area contributed by atoms with Gasteiger partial charge in [-0.05, 0) is 44.4 Å². The molecule has 0 radical (unpaired) electrons. The third-order valence-corrected chi connectivity index (χ3v) is 4.40. The molecule has 4 nitrogen and oxygen atoms in total. The summed E-state index contributed by atoms with van der Waals surface area (Å²) in [5.41, 5.74) is 2.31. The summed E-state index contributed by atoms with van der Waals surface area (Å²) in [5.74, 6) is -0.192. The molecule has 0 bridgehead atoms. The van der Waals surface area contributed by atoms with Gasteiger partial charge in [0.25, 0.3) is 0 Å². The first-order valence-electron chi connectivity index (χ1n) is 8.71. The molecule has 2 heterocycles. The summed E-state index contributed by atoms with van der Waals surface area (Å²) < 4.78 is 20.9. The van der Waals surface area contributed by atoms with E-state index in [2.05, 4.69) is 30.0 Å². The first-order chi connectivity index (χ1) is 11.6. The molecule has 1 fully saturated rings. The van der Waals surface area contributed by atoms with Gasteiger partial charge in [0.2, 0.25) is 0 Å². The van der Waals surface area contributed by atoms with E-state index in [1.54, 1.807) is 0 Å². The maximum atomic E-state index is 13.1. The number of rotatable bonds is 7. The van der Waals surface area contributed by atoms with Crippen LogP contribution in [0.5, 0.6) is 0 Å². The van der Waals surface area contributed by atoms with Gasteiger partial charge in [-0.1, -0.05) is 12.1 Å². The number of ether oxygens (including phenoxy) is 1. The van der Waals surface area contributed by atoms with Crippen LogP contribution in [-0.2, 0) is 17.8 Å². The van der Waals surface area contributed by atoms with E-state index in [9.17, 15) is 4.39 Å². The SMILES string of the molecule is CC(C)n1cc(CN(Cc2ccc(F)cc2)CC2CCCO2)cn1. The van der Waals surface area contributed by atoms with Crippen LogP contribution in [-0.4, -0.2) is 33.9 Å². The molecule has 1 unspecified atom stereocenters. The highest BCUT2D eigenvalue weighted by Crippen LogP contribution is 2.18. The minimum absolute atomic E-state index is 0.192. The molecule has 130 valence electrons. The zero-order valence-electron chi connectivity index (χ0n) is 14.5. The van der Waals surface area contributed by atoms with Crippen LogP contribution in [0.4, 0.5) is 4.39 Å². The summed E-state index contributed by atoms with van der Waals surface area (Å²) in [4.78, 5) is 2.37. The summed E-state index contributed by atoms with van der Waals surface area (Å²) in [6.07, 6.45) is 6.60. The first kappa shape index (κ1) is 17.1. The Bertz CT molecular complexity index is 632. The highest BCUT2D eigenvalue weighted by molar-refractivity contribution is 5.16. The number of nitrogens with zero attached hydrogens (tertiary/aromatic N) is 3. The zero-order chi connectivity index (χ0) is 16.9. The molecular formula is C19H26FN3O. The van der Waals surface area contributed by atoms with E-state index in [0.717, 1.165) is 44.6 Å². The average molecular weight is 331 g/mol. The van der Waals surface area contributed by atoms with Crippen LogP contribution in [0.3, 0.4) is 0 Å². The standard InChI is InChI=1S/C19H26FN3O/c1-15(2)23-13-17(10-21-23)12-22(14-19-4-3-9-24-19)11-16-5-7-18(20)8-6-16/h5-8,10,13,15,19H,3-4,9,11-12,14H2,1-2H3. The second-order valence-electron chi connectivity index (χ2n) is 6.85. The lowest BCUT2D eigenvalue weighted by atomic mass is 10.1. The Morgan fingerprint density at radius 2 is 2.00 bits per heavy atom. The van der Waals surface area contributed by atoms with E-state index in [4.69, 9.17) is 4.74 Å². The van der Waals surface area contributed by atoms with Crippen LogP contribution in [0.1, 0.15) is 43.9 Å². The molecule has 3 rings (SSSR count). The van der Waals surface area contributed by atoms with Gasteiger partial charge in [0.15, 0.2) is 0 Å². The maximum absolute atomic E-state index is 13.1. The monoisotopic (exact) mass is 331 g/mol. The quantitative estimate of drug-likeness (QED) is 0.773. The second-order valence-corrected chi connectivity index (χ2v) is 6.85. The Hall–Kier alpha value is -1.72. The Morgan fingerprint density at radius 1 is 1.25 bits per heavy atom. The number of benzene rings is 1. The normalized spacial score (nSPS) is 18.0. The highest BCUT2D eigenvalue weighted by Gasteiger charge is 2.20. The lowest BCUT2D eigenvalue weighted by Gasteiger charge is -2.25. The van der Waals surface area contributed by atoms with E-state index in [-0.39, 0.29) is 5.82 Å². The van der Waals surface area contributed by atoms with Crippen molar-refractivity contribution in [2.24, 2.45) is 0 Å². The number of aromatic nitrogens is 2. The van der Waals surface area contributed by atoms with E-state index in [0.29, 0.717) is 12.1 Å². The Kier molecular flexibility index (Phi) is 5.63. The molecular weight excluding hydrogens is 305 g/mol. The predicted octanol–water partition coefficient (Wildman–Crippen LogP) is 3.78. The third kappa shape index (κ3) is 4.65. The van der Waals surface area contributed by atoms with Crippen LogP contribution >= 0.6 is 0 Å². The molecule has 0 N–H and O–H groups in total. The molecule has 1 atom stereocenters. The summed E-state index contributed by atoms with van der Waals surface area (Å²) >= 11 is 0. The minimum Gasteiger partial charge on any atom is -0.377 e. The molecule has 0 saturated carbocycles. The molecule has 1 aliphatic rings. The topological polar surface area (TPSA) is 30.3 Å². The van der Waals surface area contributed by atoms with Gasteiger partial charge in [0.1, 0.15) is 5.82 Å². The van der Waals surface area contributed by atoms with Crippen LogP contribution < -0.4 is 0 Å². The Labute approximate surface area is 143 Å². The van der Waals surface area contributed by atoms with Crippen molar-refractivity contribution in [2.75, 3.05) is 13.2 Å². The van der Waals surface area contributed by atoms with Crippen molar-refractivity contribution in [1.29, 1.82) is 0 Å². The molecule has 1 aromatic heterocycles. The fourth-order valence-electron chi connectivity index (χ4n) is 3.11. The molecule has 5 heteroatoms.